The van der Waals surface area contributed by atoms with Crippen molar-refractivity contribution in [1.82, 2.24) is 0 Å². The molecule has 1 saturated carbocycles. The van der Waals surface area contributed by atoms with Crippen molar-refractivity contribution in [2.24, 2.45) is 0 Å². The van der Waals surface area contributed by atoms with Gasteiger partial charge in [-0.05, 0) is 44.2 Å². The fourth-order valence-electron chi connectivity index (χ4n) is 3.07. The van der Waals surface area contributed by atoms with E-state index in [2.05, 4.69) is 13.0 Å². The largest absolute Gasteiger partial charge is 0.493 e. The molecule has 0 aromatic heterocycles. The van der Waals surface area contributed by atoms with Crippen LogP contribution in [-0.2, 0) is 6.42 Å². The third-order valence-electron chi connectivity index (χ3n) is 4.01. The van der Waals surface area contributed by atoms with Crippen molar-refractivity contribution in [3.05, 3.63) is 23.3 Å². The zero-order valence-electron chi connectivity index (χ0n) is 10.0. The Morgan fingerprint density at radius 1 is 1.25 bits per heavy atom. The van der Waals surface area contributed by atoms with Crippen LogP contribution in [0.25, 0.3) is 0 Å². The zero-order valence-corrected chi connectivity index (χ0v) is 10.0. The normalized spacial score (nSPS) is 20.9. The summed E-state index contributed by atoms with van der Waals surface area (Å²) in [6.45, 7) is 2.16. The molecule has 1 fully saturated rings. The number of hydrogen-bond donors (Lipinski definition) is 0. The second-order valence-electron chi connectivity index (χ2n) is 5.06. The number of benzene rings is 1. The maximum absolute atomic E-state index is 6.23. The molecule has 1 spiro atoms. The van der Waals surface area contributed by atoms with Gasteiger partial charge in [0.25, 0.3) is 0 Å². The van der Waals surface area contributed by atoms with Crippen LogP contribution in [-0.4, -0.2) is 12.7 Å². The molecule has 2 heteroatoms. The van der Waals surface area contributed by atoms with Gasteiger partial charge in [-0.15, -0.1) is 0 Å². The summed E-state index contributed by atoms with van der Waals surface area (Å²) in [7, 11) is 1.72. The van der Waals surface area contributed by atoms with Crippen molar-refractivity contribution < 1.29 is 9.47 Å². The van der Waals surface area contributed by atoms with Crippen LogP contribution in [0.15, 0.2) is 12.1 Å². The lowest BCUT2D eigenvalue weighted by atomic mass is 9.93. The standard InChI is InChI=1S/C14H18O2/c1-10-5-6-12(15-2)13-11(10)9-14(16-13)7-3-4-8-14/h5-6H,3-4,7-9H2,1-2H3. The summed E-state index contributed by atoms with van der Waals surface area (Å²) in [5.41, 5.74) is 2.79. The molecule has 1 aliphatic carbocycles. The molecular weight excluding hydrogens is 200 g/mol. The highest BCUT2D eigenvalue weighted by Crippen LogP contribution is 2.49. The van der Waals surface area contributed by atoms with Crippen molar-refractivity contribution in [3.8, 4) is 11.5 Å². The number of hydrogen-bond acceptors (Lipinski definition) is 2. The molecule has 2 aliphatic rings. The van der Waals surface area contributed by atoms with E-state index in [1.807, 2.05) is 6.07 Å². The average molecular weight is 218 g/mol. The van der Waals surface area contributed by atoms with E-state index in [1.165, 1.54) is 36.8 Å². The average Bonchev–Trinajstić information content (AvgIpc) is 2.88. The summed E-state index contributed by atoms with van der Waals surface area (Å²) in [6.07, 6.45) is 6.07. The zero-order chi connectivity index (χ0) is 11.2. The molecule has 0 unspecified atom stereocenters. The van der Waals surface area contributed by atoms with Crippen molar-refractivity contribution in [3.63, 3.8) is 0 Å². The maximum atomic E-state index is 6.23. The number of ether oxygens (including phenoxy) is 2. The molecule has 1 aromatic rings. The van der Waals surface area contributed by atoms with Crippen LogP contribution >= 0.6 is 0 Å². The summed E-state index contributed by atoms with van der Waals surface area (Å²) in [5.74, 6) is 1.90. The third-order valence-corrected chi connectivity index (χ3v) is 4.01. The van der Waals surface area contributed by atoms with Crippen LogP contribution in [0.5, 0.6) is 11.5 Å². The van der Waals surface area contributed by atoms with E-state index in [-0.39, 0.29) is 5.60 Å². The summed E-state index contributed by atoms with van der Waals surface area (Å²) < 4.78 is 11.6. The summed E-state index contributed by atoms with van der Waals surface area (Å²) in [5, 5.41) is 0. The van der Waals surface area contributed by atoms with Gasteiger partial charge in [0.2, 0.25) is 0 Å². The molecule has 0 N–H and O–H groups in total. The molecule has 0 atom stereocenters. The van der Waals surface area contributed by atoms with Gasteiger partial charge in [-0.1, -0.05) is 6.07 Å². The summed E-state index contributed by atoms with van der Waals surface area (Å²) in [6, 6.07) is 4.15. The van der Waals surface area contributed by atoms with Crippen LogP contribution < -0.4 is 9.47 Å². The van der Waals surface area contributed by atoms with E-state index in [1.54, 1.807) is 7.11 Å². The Morgan fingerprint density at radius 2 is 2.00 bits per heavy atom. The minimum Gasteiger partial charge on any atom is -0.493 e. The second-order valence-corrected chi connectivity index (χ2v) is 5.06. The van der Waals surface area contributed by atoms with Crippen LogP contribution in [0.2, 0.25) is 0 Å². The van der Waals surface area contributed by atoms with E-state index in [0.717, 1.165) is 17.9 Å². The smallest absolute Gasteiger partial charge is 0.165 e. The van der Waals surface area contributed by atoms with E-state index in [4.69, 9.17) is 9.47 Å². The Morgan fingerprint density at radius 3 is 2.69 bits per heavy atom. The van der Waals surface area contributed by atoms with Gasteiger partial charge in [0, 0.05) is 12.0 Å². The highest BCUT2D eigenvalue weighted by molar-refractivity contribution is 5.54. The van der Waals surface area contributed by atoms with Gasteiger partial charge in [-0.3, -0.25) is 0 Å². The Labute approximate surface area is 96.6 Å². The molecule has 1 aromatic carbocycles. The van der Waals surface area contributed by atoms with Gasteiger partial charge >= 0.3 is 0 Å². The first-order chi connectivity index (χ1) is 7.74. The van der Waals surface area contributed by atoms with E-state index < -0.39 is 0 Å². The molecule has 1 heterocycles. The number of fused-ring (bicyclic) bond motifs is 1. The predicted octanol–water partition coefficient (Wildman–Crippen LogP) is 3.25. The minimum absolute atomic E-state index is 0.0989. The molecule has 0 radical (unpaired) electrons. The lowest BCUT2D eigenvalue weighted by Crippen LogP contribution is -2.30. The molecule has 0 bridgehead atoms. The van der Waals surface area contributed by atoms with Gasteiger partial charge < -0.3 is 9.47 Å². The number of rotatable bonds is 1. The second kappa shape index (κ2) is 3.41. The first kappa shape index (κ1) is 10.0. The summed E-state index contributed by atoms with van der Waals surface area (Å²) >= 11 is 0. The van der Waals surface area contributed by atoms with Crippen molar-refractivity contribution >= 4 is 0 Å². The van der Waals surface area contributed by atoms with Crippen LogP contribution in [0.4, 0.5) is 0 Å². The fourth-order valence-corrected chi connectivity index (χ4v) is 3.07. The monoisotopic (exact) mass is 218 g/mol. The van der Waals surface area contributed by atoms with E-state index in [0.29, 0.717) is 0 Å². The topological polar surface area (TPSA) is 18.5 Å². The molecule has 0 amide bonds. The SMILES string of the molecule is COc1ccc(C)c2c1OC1(CCCC1)C2. The van der Waals surface area contributed by atoms with Gasteiger partial charge in [-0.25, -0.2) is 0 Å². The lowest BCUT2D eigenvalue weighted by molar-refractivity contribution is 0.0996. The fraction of sp³-hybridized carbons (Fsp3) is 0.571. The maximum Gasteiger partial charge on any atom is 0.165 e. The summed E-state index contributed by atoms with van der Waals surface area (Å²) in [4.78, 5) is 0. The first-order valence-electron chi connectivity index (χ1n) is 6.10. The van der Waals surface area contributed by atoms with Crippen molar-refractivity contribution in [2.45, 2.75) is 44.6 Å². The van der Waals surface area contributed by atoms with E-state index >= 15 is 0 Å². The highest BCUT2D eigenvalue weighted by Gasteiger charge is 2.43. The lowest BCUT2D eigenvalue weighted by Gasteiger charge is -2.22. The Balaban J connectivity index is 2.04. The van der Waals surface area contributed by atoms with Gasteiger partial charge in [0.1, 0.15) is 5.60 Å². The van der Waals surface area contributed by atoms with Gasteiger partial charge in [-0.2, -0.15) is 0 Å². The quantitative estimate of drug-likeness (QED) is 0.720. The van der Waals surface area contributed by atoms with Gasteiger partial charge in [0.15, 0.2) is 11.5 Å². The number of aryl methyl sites for hydroxylation is 1. The minimum atomic E-state index is 0.0989. The first-order valence-corrected chi connectivity index (χ1v) is 6.10. The molecular formula is C14H18O2. The van der Waals surface area contributed by atoms with Crippen LogP contribution in [0.1, 0.15) is 36.8 Å². The molecule has 0 saturated heterocycles. The number of methoxy groups -OCH3 is 1. The van der Waals surface area contributed by atoms with Crippen molar-refractivity contribution in [2.75, 3.05) is 7.11 Å². The molecule has 3 rings (SSSR count). The van der Waals surface area contributed by atoms with Crippen molar-refractivity contribution in [1.29, 1.82) is 0 Å². The Bertz CT molecular complexity index is 417. The Hall–Kier alpha value is -1.18. The third kappa shape index (κ3) is 1.32. The van der Waals surface area contributed by atoms with E-state index in [9.17, 15) is 0 Å². The molecule has 86 valence electrons. The molecule has 16 heavy (non-hydrogen) atoms. The van der Waals surface area contributed by atoms with Crippen LogP contribution in [0, 0.1) is 6.92 Å². The highest BCUT2D eigenvalue weighted by atomic mass is 16.5. The van der Waals surface area contributed by atoms with Crippen LogP contribution in [0.3, 0.4) is 0 Å². The molecule has 2 nitrogen and oxygen atoms in total. The Kier molecular flexibility index (Phi) is 2.13. The molecule has 1 aliphatic heterocycles. The van der Waals surface area contributed by atoms with Gasteiger partial charge in [0.05, 0.1) is 7.11 Å². The predicted molar refractivity (Wildman–Crippen MR) is 63.3 cm³/mol.